The zero-order chi connectivity index (χ0) is 21.5. The molecule has 1 aromatic heterocycles. The van der Waals surface area contributed by atoms with Crippen molar-refractivity contribution >= 4 is 32.7 Å². The molecule has 1 aliphatic rings. The van der Waals surface area contributed by atoms with E-state index in [9.17, 15) is 18.0 Å². The van der Waals surface area contributed by atoms with Crippen molar-refractivity contribution in [3.63, 3.8) is 0 Å². The van der Waals surface area contributed by atoms with E-state index in [1.807, 2.05) is 31.2 Å². The summed E-state index contributed by atoms with van der Waals surface area (Å²) in [6, 6.07) is 11.9. The summed E-state index contributed by atoms with van der Waals surface area (Å²) in [7, 11) is -2.26. The van der Waals surface area contributed by atoms with Gasteiger partial charge >= 0.3 is 5.76 Å². The average molecular weight is 429 g/mol. The summed E-state index contributed by atoms with van der Waals surface area (Å²) in [6.07, 6.45) is 1.21. The number of carbonyl (C=O) groups excluding carboxylic acids is 1. The summed E-state index contributed by atoms with van der Waals surface area (Å²) in [5.74, 6) is -1.18. The molecule has 0 aliphatic carbocycles. The molecule has 30 heavy (non-hydrogen) atoms. The molecule has 0 spiro atoms. The Balaban J connectivity index is 1.55. The highest BCUT2D eigenvalue weighted by molar-refractivity contribution is 7.89. The van der Waals surface area contributed by atoms with Crippen molar-refractivity contribution < 1.29 is 17.6 Å². The lowest BCUT2D eigenvalue weighted by Gasteiger charge is -2.31. The first-order valence-electron chi connectivity index (χ1n) is 9.73. The number of amides is 1. The second-order valence-electron chi connectivity index (χ2n) is 7.56. The third-order valence-electron chi connectivity index (χ3n) is 5.56. The lowest BCUT2D eigenvalue weighted by molar-refractivity contribution is -0.120. The first kappa shape index (κ1) is 20.4. The van der Waals surface area contributed by atoms with Gasteiger partial charge in [0.2, 0.25) is 15.9 Å². The minimum Gasteiger partial charge on any atom is -0.408 e. The molecule has 4 rings (SSSR count). The zero-order valence-corrected chi connectivity index (χ0v) is 17.6. The van der Waals surface area contributed by atoms with Gasteiger partial charge in [0.25, 0.3) is 0 Å². The molecule has 0 bridgehead atoms. The van der Waals surface area contributed by atoms with Crippen molar-refractivity contribution in [2.75, 3.05) is 18.4 Å². The van der Waals surface area contributed by atoms with Crippen LogP contribution in [0.15, 0.2) is 56.6 Å². The number of hydrogen-bond donors (Lipinski definition) is 1. The first-order valence-corrected chi connectivity index (χ1v) is 11.2. The van der Waals surface area contributed by atoms with Gasteiger partial charge in [-0.3, -0.25) is 9.36 Å². The minimum absolute atomic E-state index is 0.0457. The molecule has 158 valence electrons. The summed E-state index contributed by atoms with van der Waals surface area (Å²) < 4.78 is 34.1. The van der Waals surface area contributed by atoms with Crippen LogP contribution in [0.25, 0.3) is 11.1 Å². The number of para-hydroxylation sites is 1. The van der Waals surface area contributed by atoms with E-state index >= 15 is 0 Å². The maximum Gasteiger partial charge on any atom is 0.419 e. The topological polar surface area (TPSA) is 102 Å². The number of piperidine rings is 1. The zero-order valence-electron chi connectivity index (χ0n) is 16.8. The first-order chi connectivity index (χ1) is 14.3. The maximum absolute atomic E-state index is 13.2. The van der Waals surface area contributed by atoms with Gasteiger partial charge in [0.05, 0.1) is 16.3 Å². The van der Waals surface area contributed by atoms with Crippen LogP contribution in [-0.4, -0.2) is 36.3 Å². The Labute approximate surface area is 174 Å². The van der Waals surface area contributed by atoms with Gasteiger partial charge in [-0.2, -0.15) is 4.31 Å². The van der Waals surface area contributed by atoms with Gasteiger partial charge in [-0.1, -0.05) is 18.2 Å². The fourth-order valence-corrected chi connectivity index (χ4v) is 5.29. The van der Waals surface area contributed by atoms with Crippen LogP contribution in [0.3, 0.4) is 0 Å². The highest BCUT2D eigenvalue weighted by atomic mass is 32.2. The third kappa shape index (κ3) is 3.66. The minimum atomic E-state index is -3.82. The number of nitrogens with one attached hydrogen (secondary N) is 1. The van der Waals surface area contributed by atoms with E-state index in [4.69, 9.17) is 4.42 Å². The molecule has 2 aromatic carbocycles. The predicted molar refractivity (Wildman–Crippen MR) is 113 cm³/mol. The third-order valence-corrected chi connectivity index (χ3v) is 7.42. The largest absolute Gasteiger partial charge is 0.419 e. The highest BCUT2D eigenvalue weighted by Crippen LogP contribution is 2.27. The number of benzene rings is 2. The van der Waals surface area contributed by atoms with Crippen molar-refractivity contribution in [1.29, 1.82) is 0 Å². The van der Waals surface area contributed by atoms with E-state index in [0.29, 0.717) is 24.9 Å². The number of aromatic nitrogens is 1. The number of anilines is 1. The molecule has 0 radical (unpaired) electrons. The predicted octanol–water partition coefficient (Wildman–Crippen LogP) is 2.48. The van der Waals surface area contributed by atoms with Crippen LogP contribution in [0.1, 0.15) is 18.4 Å². The molecule has 1 unspecified atom stereocenters. The van der Waals surface area contributed by atoms with Gasteiger partial charge in [-0.05, 0) is 43.5 Å². The molecule has 0 saturated carbocycles. The Morgan fingerprint density at radius 1 is 1.20 bits per heavy atom. The number of fused-ring (bicyclic) bond motifs is 1. The van der Waals surface area contributed by atoms with E-state index in [2.05, 4.69) is 5.32 Å². The summed E-state index contributed by atoms with van der Waals surface area (Å²) in [6.45, 7) is 2.36. The van der Waals surface area contributed by atoms with Gasteiger partial charge in [0.1, 0.15) is 0 Å². The van der Waals surface area contributed by atoms with Crippen LogP contribution < -0.4 is 11.1 Å². The molecule has 2 heterocycles. The standard InChI is InChI=1S/C21H23N3O5S/c1-14-6-3-4-8-17(14)22-20(25)15-7-5-11-24(13-15)30(27,28)16-9-10-18-19(12-16)29-21(26)23(18)2/h3-4,6,8-10,12,15H,5,7,11,13H2,1-2H3,(H,22,25). The fourth-order valence-electron chi connectivity index (χ4n) is 3.75. The van der Waals surface area contributed by atoms with Crippen LogP contribution in [0.4, 0.5) is 5.69 Å². The van der Waals surface area contributed by atoms with Crippen LogP contribution in [0.5, 0.6) is 0 Å². The lowest BCUT2D eigenvalue weighted by atomic mass is 9.98. The average Bonchev–Trinajstić information content (AvgIpc) is 3.03. The summed E-state index contributed by atoms with van der Waals surface area (Å²) in [4.78, 5) is 24.5. The molecule has 8 nitrogen and oxygen atoms in total. The van der Waals surface area contributed by atoms with Crippen molar-refractivity contribution in [1.82, 2.24) is 8.87 Å². The lowest BCUT2D eigenvalue weighted by Crippen LogP contribution is -2.43. The molecule has 3 aromatic rings. The fraction of sp³-hybridized carbons (Fsp3) is 0.333. The van der Waals surface area contributed by atoms with Gasteiger partial charge in [-0.15, -0.1) is 0 Å². The van der Waals surface area contributed by atoms with E-state index < -0.39 is 21.7 Å². The summed E-state index contributed by atoms with van der Waals surface area (Å²) >= 11 is 0. The van der Waals surface area contributed by atoms with Gasteiger partial charge in [0.15, 0.2) is 5.58 Å². The Morgan fingerprint density at radius 2 is 1.97 bits per heavy atom. The van der Waals surface area contributed by atoms with Gasteiger partial charge < -0.3 is 9.73 Å². The summed E-state index contributed by atoms with van der Waals surface area (Å²) in [5, 5.41) is 2.91. The molecule has 9 heteroatoms. The van der Waals surface area contributed by atoms with E-state index in [-0.39, 0.29) is 22.9 Å². The number of sulfonamides is 1. The Kier molecular flexibility index (Phi) is 5.25. The SMILES string of the molecule is Cc1ccccc1NC(=O)C1CCCN(S(=O)(=O)c2ccc3c(c2)oc(=O)n3C)C1. The molecule has 1 amide bonds. The number of oxazole rings is 1. The summed E-state index contributed by atoms with van der Waals surface area (Å²) in [5.41, 5.74) is 2.42. The number of rotatable bonds is 4. The van der Waals surface area contributed by atoms with Crippen LogP contribution in [-0.2, 0) is 21.9 Å². The smallest absolute Gasteiger partial charge is 0.408 e. The second kappa shape index (κ2) is 7.73. The van der Waals surface area contributed by atoms with Crippen molar-refractivity contribution in [2.45, 2.75) is 24.7 Å². The molecule has 1 fully saturated rings. The van der Waals surface area contributed by atoms with Crippen molar-refractivity contribution in [3.05, 3.63) is 58.6 Å². The number of hydrogen-bond acceptors (Lipinski definition) is 5. The monoisotopic (exact) mass is 429 g/mol. The molecular formula is C21H23N3O5S. The normalized spacial score (nSPS) is 17.9. The van der Waals surface area contributed by atoms with Crippen LogP contribution >= 0.6 is 0 Å². The van der Waals surface area contributed by atoms with Gasteiger partial charge in [-0.25, -0.2) is 13.2 Å². The van der Waals surface area contributed by atoms with E-state index in [0.717, 1.165) is 11.3 Å². The Hall–Kier alpha value is -2.91. The Morgan fingerprint density at radius 3 is 2.73 bits per heavy atom. The van der Waals surface area contributed by atoms with Gasteiger partial charge in [0, 0.05) is 31.9 Å². The number of aryl methyl sites for hydroxylation is 2. The molecule has 1 aliphatic heterocycles. The maximum atomic E-state index is 13.2. The second-order valence-corrected chi connectivity index (χ2v) is 9.50. The van der Waals surface area contributed by atoms with Crippen molar-refractivity contribution in [2.24, 2.45) is 13.0 Å². The van der Waals surface area contributed by atoms with E-state index in [1.165, 1.54) is 21.0 Å². The van der Waals surface area contributed by atoms with Crippen molar-refractivity contribution in [3.8, 4) is 0 Å². The Bertz CT molecular complexity index is 1280. The number of carbonyl (C=O) groups is 1. The van der Waals surface area contributed by atoms with Crippen LogP contribution in [0, 0.1) is 12.8 Å². The molecule has 1 saturated heterocycles. The molecule has 1 atom stereocenters. The number of nitrogens with zero attached hydrogens (tertiary/aromatic N) is 2. The van der Waals surface area contributed by atoms with E-state index in [1.54, 1.807) is 13.1 Å². The molecule has 1 N–H and O–H groups in total. The quantitative estimate of drug-likeness (QED) is 0.687. The van der Waals surface area contributed by atoms with Crippen LogP contribution in [0.2, 0.25) is 0 Å². The molecular weight excluding hydrogens is 406 g/mol. The highest BCUT2D eigenvalue weighted by Gasteiger charge is 2.33.